The van der Waals surface area contributed by atoms with Crippen LogP contribution in [0.3, 0.4) is 0 Å². The maximum Gasteiger partial charge on any atom is 0.340 e. The first kappa shape index (κ1) is 20.4. The summed E-state index contributed by atoms with van der Waals surface area (Å²) in [5.74, 6) is -0.278. The van der Waals surface area contributed by atoms with Crippen molar-refractivity contribution in [2.45, 2.75) is 18.9 Å². The van der Waals surface area contributed by atoms with Crippen LogP contribution in [0.5, 0.6) is 5.75 Å². The molecular weight excluding hydrogens is 366 g/mol. The van der Waals surface area contributed by atoms with E-state index in [-0.39, 0.29) is 18.8 Å². The van der Waals surface area contributed by atoms with Gasteiger partial charge in [0.25, 0.3) is 0 Å². The zero-order valence-electron chi connectivity index (χ0n) is 16.8. The zero-order chi connectivity index (χ0) is 20.9. The monoisotopic (exact) mass is 391 g/mol. The normalized spacial score (nSPS) is 18.0. The summed E-state index contributed by atoms with van der Waals surface area (Å²) >= 11 is 0. The fourth-order valence-electron chi connectivity index (χ4n) is 3.66. The number of Topliss-reactive ketones (excluding diaryl/α,β-unsaturated/α-hetero) is 1. The zero-order valence-corrected chi connectivity index (χ0v) is 16.8. The molecule has 0 saturated heterocycles. The minimum atomic E-state index is -1.47. The van der Waals surface area contributed by atoms with Gasteiger partial charge in [0.1, 0.15) is 5.75 Å². The van der Waals surface area contributed by atoms with E-state index in [2.05, 4.69) is 6.58 Å². The SMILES string of the molecule is C=CCN1c2ccc(OC)cc2C(=O)C1(C/C=C/c1ccccc1)C(=O)OCC. The predicted molar refractivity (Wildman–Crippen MR) is 114 cm³/mol. The van der Waals surface area contributed by atoms with Gasteiger partial charge in [0.05, 0.1) is 13.7 Å². The summed E-state index contributed by atoms with van der Waals surface area (Å²) in [5.41, 5.74) is 0.653. The van der Waals surface area contributed by atoms with Crippen molar-refractivity contribution in [3.63, 3.8) is 0 Å². The average molecular weight is 391 g/mol. The van der Waals surface area contributed by atoms with Crippen LogP contribution >= 0.6 is 0 Å². The van der Waals surface area contributed by atoms with E-state index in [4.69, 9.17) is 9.47 Å². The van der Waals surface area contributed by atoms with Gasteiger partial charge in [0, 0.05) is 24.2 Å². The van der Waals surface area contributed by atoms with Gasteiger partial charge in [-0.3, -0.25) is 4.79 Å². The van der Waals surface area contributed by atoms with Crippen LogP contribution in [0.2, 0.25) is 0 Å². The molecule has 1 aliphatic rings. The molecule has 150 valence electrons. The van der Waals surface area contributed by atoms with E-state index in [0.29, 0.717) is 23.5 Å². The van der Waals surface area contributed by atoms with Crippen molar-refractivity contribution in [1.29, 1.82) is 0 Å². The molecule has 0 bridgehead atoms. The molecule has 0 radical (unpaired) electrons. The van der Waals surface area contributed by atoms with Crippen LogP contribution in [0, 0.1) is 0 Å². The van der Waals surface area contributed by atoms with Gasteiger partial charge in [-0.25, -0.2) is 4.79 Å². The number of carbonyl (C=O) groups excluding carboxylic acids is 2. The number of nitrogens with zero attached hydrogens (tertiary/aromatic N) is 1. The fraction of sp³-hybridized carbons (Fsp3) is 0.250. The maximum atomic E-state index is 13.6. The number of benzene rings is 2. The first-order chi connectivity index (χ1) is 14.1. The largest absolute Gasteiger partial charge is 0.497 e. The van der Waals surface area contributed by atoms with Crippen molar-refractivity contribution >= 4 is 23.5 Å². The quantitative estimate of drug-likeness (QED) is 0.382. The molecule has 5 heteroatoms. The van der Waals surface area contributed by atoms with E-state index in [1.54, 1.807) is 43.2 Å². The molecule has 0 N–H and O–H groups in total. The van der Waals surface area contributed by atoms with Gasteiger partial charge in [-0.05, 0) is 30.7 Å². The molecule has 2 aromatic carbocycles. The van der Waals surface area contributed by atoms with E-state index in [1.807, 2.05) is 42.5 Å². The van der Waals surface area contributed by atoms with Crippen LogP contribution in [0.15, 0.2) is 67.3 Å². The van der Waals surface area contributed by atoms with E-state index in [0.717, 1.165) is 5.56 Å². The highest BCUT2D eigenvalue weighted by molar-refractivity contribution is 6.25. The van der Waals surface area contributed by atoms with Crippen LogP contribution in [0.1, 0.15) is 29.3 Å². The van der Waals surface area contributed by atoms with Crippen LogP contribution in [0.4, 0.5) is 5.69 Å². The van der Waals surface area contributed by atoms with Crippen LogP contribution < -0.4 is 9.64 Å². The smallest absolute Gasteiger partial charge is 0.340 e. The average Bonchev–Trinajstić information content (AvgIpc) is 2.98. The Kier molecular flexibility index (Phi) is 6.17. The van der Waals surface area contributed by atoms with Crippen LogP contribution in [0.25, 0.3) is 6.08 Å². The summed E-state index contributed by atoms with van der Waals surface area (Å²) in [5, 5.41) is 0. The van der Waals surface area contributed by atoms with E-state index in [1.165, 1.54) is 0 Å². The Bertz CT molecular complexity index is 935. The number of hydrogen-bond acceptors (Lipinski definition) is 5. The topological polar surface area (TPSA) is 55.8 Å². The molecule has 0 amide bonds. The third-order valence-corrected chi connectivity index (χ3v) is 5.02. The molecule has 1 aliphatic heterocycles. The standard InChI is InChI=1S/C24H25NO4/c1-4-16-25-21-14-13-19(28-3)17-20(21)22(26)24(25,23(27)29-5-2)15-9-12-18-10-7-6-8-11-18/h4,6-14,17H,1,5,15-16H2,2-3H3/b12-9+. The Morgan fingerprint density at radius 1 is 1.21 bits per heavy atom. The van der Waals surface area contributed by atoms with E-state index in [9.17, 15) is 9.59 Å². The first-order valence-electron chi connectivity index (χ1n) is 9.58. The van der Waals surface area contributed by atoms with Gasteiger partial charge >= 0.3 is 5.97 Å². The van der Waals surface area contributed by atoms with Gasteiger partial charge in [-0.15, -0.1) is 6.58 Å². The summed E-state index contributed by atoms with van der Waals surface area (Å²) in [4.78, 5) is 28.5. The molecule has 29 heavy (non-hydrogen) atoms. The molecule has 1 atom stereocenters. The highest BCUT2D eigenvalue weighted by atomic mass is 16.5. The predicted octanol–water partition coefficient (Wildman–Crippen LogP) is 4.29. The number of carbonyl (C=O) groups is 2. The maximum absolute atomic E-state index is 13.6. The summed E-state index contributed by atoms with van der Waals surface area (Å²) in [6.07, 6.45) is 5.62. The summed E-state index contributed by atoms with van der Waals surface area (Å²) in [6, 6.07) is 15.0. The number of anilines is 1. The molecule has 0 aliphatic carbocycles. The van der Waals surface area contributed by atoms with Crippen molar-refractivity contribution in [2.24, 2.45) is 0 Å². The van der Waals surface area contributed by atoms with Gasteiger partial charge in [0.15, 0.2) is 0 Å². The molecule has 0 saturated carbocycles. The molecule has 0 fully saturated rings. The molecule has 0 spiro atoms. The molecule has 3 rings (SSSR count). The van der Waals surface area contributed by atoms with Gasteiger partial charge < -0.3 is 14.4 Å². The van der Waals surface area contributed by atoms with Crippen molar-refractivity contribution in [2.75, 3.05) is 25.2 Å². The fourth-order valence-corrected chi connectivity index (χ4v) is 3.66. The second-order valence-corrected chi connectivity index (χ2v) is 6.71. The molecule has 1 heterocycles. The molecule has 1 unspecified atom stereocenters. The van der Waals surface area contributed by atoms with Crippen LogP contribution in [-0.4, -0.2) is 37.6 Å². The number of ketones is 1. The lowest BCUT2D eigenvalue weighted by molar-refractivity contribution is -0.147. The number of methoxy groups -OCH3 is 1. The second kappa shape index (κ2) is 8.78. The Morgan fingerprint density at radius 2 is 1.97 bits per heavy atom. The number of hydrogen-bond donors (Lipinski definition) is 0. The summed E-state index contributed by atoms with van der Waals surface area (Å²) in [7, 11) is 1.55. The summed E-state index contributed by atoms with van der Waals surface area (Å²) < 4.78 is 10.6. The van der Waals surface area contributed by atoms with Gasteiger partial charge in [-0.2, -0.15) is 0 Å². The Balaban J connectivity index is 2.07. The Morgan fingerprint density at radius 3 is 2.62 bits per heavy atom. The number of fused-ring (bicyclic) bond motifs is 1. The number of ether oxygens (including phenoxy) is 2. The van der Waals surface area contributed by atoms with Crippen molar-refractivity contribution in [3.05, 3.63) is 78.4 Å². The van der Waals surface area contributed by atoms with Gasteiger partial charge in [-0.1, -0.05) is 48.6 Å². The third-order valence-electron chi connectivity index (χ3n) is 5.02. The van der Waals surface area contributed by atoms with Crippen LogP contribution in [-0.2, 0) is 9.53 Å². The van der Waals surface area contributed by atoms with E-state index < -0.39 is 11.5 Å². The van der Waals surface area contributed by atoms with Gasteiger partial charge in [0.2, 0.25) is 11.3 Å². The van der Waals surface area contributed by atoms with Crippen molar-refractivity contribution in [1.82, 2.24) is 0 Å². The molecular formula is C24H25NO4. The molecule has 0 aromatic heterocycles. The lowest BCUT2D eigenvalue weighted by Crippen LogP contribution is -2.57. The van der Waals surface area contributed by atoms with Crippen molar-refractivity contribution < 1.29 is 19.1 Å². The number of esters is 1. The lowest BCUT2D eigenvalue weighted by atomic mass is 9.88. The minimum absolute atomic E-state index is 0.185. The highest BCUT2D eigenvalue weighted by Crippen LogP contribution is 2.43. The van der Waals surface area contributed by atoms with E-state index >= 15 is 0 Å². The highest BCUT2D eigenvalue weighted by Gasteiger charge is 2.57. The molecule has 2 aromatic rings. The second-order valence-electron chi connectivity index (χ2n) is 6.71. The lowest BCUT2D eigenvalue weighted by Gasteiger charge is -2.35. The Hall–Kier alpha value is -3.34. The summed E-state index contributed by atoms with van der Waals surface area (Å²) in [6.45, 7) is 6.07. The molecule has 5 nitrogen and oxygen atoms in total. The Labute approximate surface area is 171 Å². The number of rotatable bonds is 8. The third kappa shape index (κ3) is 3.68. The first-order valence-corrected chi connectivity index (χ1v) is 9.58. The van der Waals surface area contributed by atoms with Crippen molar-refractivity contribution in [3.8, 4) is 5.75 Å². The minimum Gasteiger partial charge on any atom is -0.497 e.